The second-order valence-electron chi connectivity index (χ2n) is 6.39. The van der Waals surface area contributed by atoms with Crippen molar-refractivity contribution in [3.63, 3.8) is 0 Å². The van der Waals surface area contributed by atoms with Gasteiger partial charge in [-0.15, -0.1) is 11.3 Å². The van der Waals surface area contributed by atoms with Crippen LogP contribution in [0.4, 0.5) is 5.13 Å². The molecule has 3 rings (SSSR count). The summed E-state index contributed by atoms with van der Waals surface area (Å²) in [6, 6.07) is 16.1. The molecule has 1 heterocycles. The average Bonchev–Trinajstić information content (AvgIpc) is 3.18. The summed E-state index contributed by atoms with van der Waals surface area (Å²) in [5.41, 5.74) is 6.03. The molecule has 3 aromatic rings. The summed E-state index contributed by atoms with van der Waals surface area (Å²) >= 11 is 4.98. The molecule has 0 saturated heterocycles. The van der Waals surface area contributed by atoms with E-state index in [1.807, 2.05) is 53.9 Å². The molecule has 1 N–H and O–H groups in total. The lowest BCUT2D eigenvalue weighted by Crippen LogP contribution is -1.97. The number of rotatable bonds is 10. The molecule has 2 aromatic carbocycles. The van der Waals surface area contributed by atoms with E-state index in [9.17, 15) is 0 Å². The van der Waals surface area contributed by atoms with Gasteiger partial charge in [-0.3, -0.25) is 5.43 Å². The molecule has 0 fully saturated rings. The van der Waals surface area contributed by atoms with E-state index in [1.165, 1.54) is 30.6 Å². The number of unbranched alkanes of at least 4 members (excludes halogenated alkanes) is 3. The van der Waals surface area contributed by atoms with Gasteiger partial charge in [0, 0.05) is 15.4 Å². The molecule has 0 spiro atoms. The van der Waals surface area contributed by atoms with Gasteiger partial charge < -0.3 is 4.74 Å². The zero-order chi connectivity index (χ0) is 19.6. The van der Waals surface area contributed by atoms with E-state index in [1.54, 1.807) is 6.21 Å². The maximum atomic E-state index is 5.76. The highest BCUT2D eigenvalue weighted by molar-refractivity contribution is 9.10. The minimum atomic E-state index is 0.765. The number of nitrogens with zero attached hydrogens (tertiary/aromatic N) is 2. The van der Waals surface area contributed by atoms with E-state index in [0.717, 1.165) is 45.2 Å². The third kappa shape index (κ3) is 6.46. The molecule has 6 heteroatoms. The summed E-state index contributed by atoms with van der Waals surface area (Å²) in [6.45, 7) is 2.99. The summed E-state index contributed by atoms with van der Waals surface area (Å²) in [5.74, 6) is 0.903. The monoisotopic (exact) mass is 457 g/mol. The fourth-order valence-electron chi connectivity index (χ4n) is 2.61. The normalized spacial score (nSPS) is 11.1. The van der Waals surface area contributed by atoms with E-state index in [2.05, 4.69) is 38.4 Å². The molecular weight excluding hydrogens is 434 g/mol. The molecule has 0 atom stereocenters. The number of hydrogen-bond acceptors (Lipinski definition) is 5. The largest absolute Gasteiger partial charge is 0.494 e. The molecule has 0 unspecified atom stereocenters. The van der Waals surface area contributed by atoms with E-state index < -0.39 is 0 Å². The van der Waals surface area contributed by atoms with Crippen molar-refractivity contribution in [2.45, 2.75) is 32.6 Å². The average molecular weight is 458 g/mol. The highest BCUT2D eigenvalue weighted by Crippen LogP contribution is 2.26. The van der Waals surface area contributed by atoms with Crippen LogP contribution in [0.15, 0.2) is 63.5 Å². The lowest BCUT2D eigenvalue weighted by Gasteiger charge is -2.05. The third-order valence-electron chi connectivity index (χ3n) is 4.16. The van der Waals surface area contributed by atoms with Gasteiger partial charge >= 0.3 is 0 Å². The second-order valence-corrected chi connectivity index (χ2v) is 8.17. The Balaban J connectivity index is 1.47. The van der Waals surface area contributed by atoms with Crippen molar-refractivity contribution in [2.75, 3.05) is 12.0 Å². The van der Waals surface area contributed by atoms with E-state index in [0.29, 0.717) is 0 Å². The Morgan fingerprint density at radius 1 is 1.07 bits per heavy atom. The molecule has 0 bridgehead atoms. The Bertz CT molecular complexity index is 876. The first-order valence-electron chi connectivity index (χ1n) is 9.48. The van der Waals surface area contributed by atoms with Crippen molar-refractivity contribution >= 4 is 38.6 Å². The quantitative estimate of drug-likeness (QED) is 0.203. The number of ether oxygens (including phenoxy) is 1. The lowest BCUT2D eigenvalue weighted by molar-refractivity contribution is 0.305. The molecule has 0 amide bonds. The highest BCUT2D eigenvalue weighted by Gasteiger charge is 2.03. The summed E-state index contributed by atoms with van der Waals surface area (Å²) in [5, 5.41) is 7.07. The number of hydrogen-bond donors (Lipinski definition) is 1. The molecule has 0 aliphatic heterocycles. The highest BCUT2D eigenvalue weighted by atomic mass is 79.9. The first kappa shape index (κ1) is 20.6. The molecule has 0 aliphatic rings. The van der Waals surface area contributed by atoms with Gasteiger partial charge in [-0.2, -0.15) is 5.10 Å². The third-order valence-corrected chi connectivity index (χ3v) is 5.44. The minimum Gasteiger partial charge on any atom is -0.494 e. The summed E-state index contributed by atoms with van der Waals surface area (Å²) in [6.07, 6.45) is 6.64. The van der Waals surface area contributed by atoms with Crippen LogP contribution in [0.3, 0.4) is 0 Å². The molecule has 0 saturated carbocycles. The molecule has 1 aromatic heterocycles. The van der Waals surface area contributed by atoms with Crippen LogP contribution in [-0.2, 0) is 0 Å². The SMILES string of the molecule is CCCCCCOc1ccc(/C=N\Nc2nc(-c3ccc(Br)cc3)cs2)cc1. The van der Waals surface area contributed by atoms with Gasteiger partial charge in [-0.25, -0.2) is 4.98 Å². The summed E-state index contributed by atoms with van der Waals surface area (Å²) < 4.78 is 6.82. The van der Waals surface area contributed by atoms with Crippen molar-refractivity contribution in [1.29, 1.82) is 0 Å². The van der Waals surface area contributed by atoms with Crippen LogP contribution in [0.5, 0.6) is 5.75 Å². The maximum absolute atomic E-state index is 5.76. The number of benzene rings is 2. The standard InChI is InChI=1S/C22H24BrN3OS/c1-2-3-4-5-14-27-20-12-6-17(7-13-20)15-24-26-22-25-21(16-28-22)18-8-10-19(23)11-9-18/h6-13,15-16H,2-5,14H2,1H3,(H,25,26)/b24-15-. The Hall–Kier alpha value is -2.18. The van der Waals surface area contributed by atoms with Gasteiger partial charge in [-0.05, 0) is 48.4 Å². The molecular formula is C22H24BrN3OS. The van der Waals surface area contributed by atoms with Crippen LogP contribution in [-0.4, -0.2) is 17.8 Å². The number of anilines is 1. The van der Waals surface area contributed by atoms with Crippen LogP contribution in [0.1, 0.15) is 38.2 Å². The van der Waals surface area contributed by atoms with E-state index >= 15 is 0 Å². The van der Waals surface area contributed by atoms with Crippen molar-refractivity contribution < 1.29 is 4.74 Å². The summed E-state index contributed by atoms with van der Waals surface area (Å²) in [4.78, 5) is 4.57. The van der Waals surface area contributed by atoms with Crippen LogP contribution in [0.2, 0.25) is 0 Å². The maximum Gasteiger partial charge on any atom is 0.203 e. The van der Waals surface area contributed by atoms with Gasteiger partial charge in [0.25, 0.3) is 0 Å². The summed E-state index contributed by atoms with van der Waals surface area (Å²) in [7, 11) is 0. The van der Waals surface area contributed by atoms with E-state index in [-0.39, 0.29) is 0 Å². The van der Waals surface area contributed by atoms with Crippen LogP contribution in [0.25, 0.3) is 11.3 Å². The minimum absolute atomic E-state index is 0.765. The first-order valence-corrected chi connectivity index (χ1v) is 11.2. The van der Waals surface area contributed by atoms with Crippen LogP contribution < -0.4 is 10.2 Å². The second kappa shape index (κ2) is 11.0. The van der Waals surface area contributed by atoms with Gasteiger partial charge in [0.15, 0.2) is 0 Å². The number of nitrogens with one attached hydrogen (secondary N) is 1. The predicted molar refractivity (Wildman–Crippen MR) is 123 cm³/mol. The Labute approximate surface area is 178 Å². The van der Waals surface area contributed by atoms with Gasteiger partial charge in [0.2, 0.25) is 5.13 Å². The van der Waals surface area contributed by atoms with Crippen molar-refractivity contribution in [2.24, 2.45) is 5.10 Å². The van der Waals surface area contributed by atoms with E-state index in [4.69, 9.17) is 4.74 Å². The zero-order valence-electron chi connectivity index (χ0n) is 15.9. The smallest absolute Gasteiger partial charge is 0.203 e. The number of aromatic nitrogens is 1. The fourth-order valence-corrected chi connectivity index (χ4v) is 3.54. The van der Waals surface area contributed by atoms with Crippen molar-refractivity contribution in [1.82, 2.24) is 4.98 Å². The van der Waals surface area contributed by atoms with Crippen molar-refractivity contribution in [3.05, 3.63) is 63.9 Å². The first-order chi connectivity index (χ1) is 13.7. The fraction of sp³-hybridized carbons (Fsp3) is 0.273. The lowest BCUT2D eigenvalue weighted by atomic mass is 10.2. The topological polar surface area (TPSA) is 46.5 Å². The van der Waals surface area contributed by atoms with Gasteiger partial charge in [0.1, 0.15) is 5.75 Å². The Kier molecular flexibility index (Phi) is 8.06. The Morgan fingerprint density at radius 3 is 2.61 bits per heavy atom. The van der Waals surface area contributed by atoms with Gasteiger partial charge in [-0.1, -0.05) is 54.2 Å². The molecule has 0 aliphatic carbocycles. The number of hydrazone groups is 1. The van der Waals surface area contributed by atoms with Gasteiger partial charge in [0.05, 0.1) is 18.5 Å². The molecule has 0 radical (unpaired) electrons. The molecule has 4 nitrogen and oxygen atoms in total. The predicted octanol–water partition coefficient (Wildman–Crippen LogP) is 6.98. The zero-order valence-corrected chi connectivity index (χ0v) is 18.3. The van der Waals surface area contributed by atoms with Crippen LogP contribution in [0, 0.1) is 0 Å². The van der Waals surface area contributed by atoms with Crippen LogP contribution >= 0.6 is 27.3 Å². The number of thiazole rings is 1. The number of halogens is 1. The molecule has 146 valence electrons. The Morgan fingerprint density at radius 2 is 1.86 bits per heavy atom. The molecule has 28 heavy (non-hydrogen) atoms. The van der Waals surface area contributed by atoms with Crippen molar-refractivity contribution in [3.8, 4) is 17.0 Å².